The second-order valence-electron chi connectivity index (χ2n) is 4.62. The molecule has 0 atom stereocenters. The number of aliphatic carboxylic acids is 1. The molecule has 0 bridgehead atoms. The lowest BCUT2D eigenvalue weighted by Crippen LogP contribution is -2.10. The van der Waals surface area contributed by atoms with Gasteiger partial charge in [-0.15, -0.1) is 0 Å². The number of hydrogen-bond acceptors (Lipinski definition) is 4. The molecule has 0 spiro atoms. The van der Waals surface area contributed by atoms with Crippen molar-refractivity contribution in [3.63, 3.8) is 0 Å². The molecule has 0 aromatic heterocycles. The van der Waals surface area contributed by atoms with E-state index in [1.807, 2.05) is 12.1 Å². The maximum atomic E-state index is 12.6. The van der Waals surface area contributed by atoms with Gasteiger partial charge in [-0.3, -0.25) is 4.79 Å². The molecule has 0 unspecified atom stereocenters. The first-order chi connectivity index (χ1) is 10.1. The van der Waals surface area contributed by atoms with Gasteiger partial charge in [0.1, 0.15) is 18.1 Å². The molecule has 1 aliphatic heterocycles. The largest absolute Gasteiger partial charge is 0.488 e. The molecular weight excluding hydrogens is 272 g/mol. The topological polar surface area (TPSA) is 72.8 Å². The number of fused-ring (bicyclic) bond motifs is 2. The minimum Gasteiger partial charge on any atom is -0.488 e. The highest BCUT2D eigenvalue weighted by molar-refractivity contribution is 6.12. The number of rotatable bonds is 3. The van der Waals surface area contributed by atoms with E-state index in [2.05, 4.69) is 0 Å². The molecule has 1 aliphatic rings. The highest BCUT2D eigenvalue weighted by Gasteiger charge is 2.22. The number of carbonyl (C=O) groups excluding carboxylic acids is 1. The molecule has 0 fully saturated rings. The summed E-state index contributed by atoms with van der Waals surface area (Å²) in [5.74, 6) is -0.428. The van der Waals surface area contributed by atoms with E-state index in [0.29, 0.717) is 29.2 Å². The Kier molecular flexibility index (Phi) is 3.31. The van der Waals surface area contributed by atoms with Crippen LogP contribution in [0.5, 0.6) is 11.5 Å². The van der Waals surface area contributed by atoms with Crippen LogP contribution in [0, 0.1) is 0 Å². The smallest absolute Gasteiger partial charge is 0.341 e. The number of carbonyl (C=O) groups is 2. The van der Waals surface area contributed by atoms with Crippen LogP contribution >= 0.6 is 0 Å². The Morgan fingerprint density at radius 3 is 2.81 bits per heavy atom. The summed E-state index contributed by atoms with van der Waals surface area (Å²) in [5.41, 5.74) is 1.79. The van der Waals surface area contributed by atoms with Crippen LogP contribution in [0.25, 0.3) is 0 Å². The summed E-state index contributed by atoms with van der Waals surface area (Å²) in [6.07, 6.45) is 0. The molecule has 2 aromatic rings. The van der Waals surface area contributed by atoms with Gasteiger partial charge in [0.25, 0.3) is 0 Å². The zero-order chi connectivity index (χ0) is 14.8. The summed E-state index contributed by atoms with van der Waals surface area (Å²) in [4.78, 5) is 23.1. The Bertz CT molecular complexity index is 720. The third-order valence-corrected chi connectivity index (χ3v) is 3.20. The maximum Gasteiger partial charge on any atom is 0.341 e. The summed E-state index contributed by atoms with van der Waals surface area (Å²) >= 11 is 0. The molecule has 0 saturated carbocycles. The zero-order valence-electron chi connectivity index (χ0n) is 11.0. The van der Waals surface area contributed by atoms with Crippen LogP contribution in [0.15, 0.2) is 42.5 Å². The summed E-state index contributed by atoms with van der Waals surface area (Å²) in [6.45, 7) is -0.130. The summed E-state index contributed by atoms with van der Waals surface area (Å²) in [5, 5.41) is 8.62. The van der Waals surface area contributed by atoms with Crippen LogP contribution in [0.3, 0.4) is 0 Å². The van der Waals surface area contributed by atoms with E-state index in [1.165, 1.54) is 6.07 Å². The van der Waals surface area contributed by atoms with E-state index >= 15 is 0 Å². The normalized spacial score (nSPS) is 12.7. The van der Waals surface area contributed by atoms with Crippen LogP contribution in [0.1, 0.15) is 21.5 Å². The van der Waals surface area contributed by atoms with E-state index in [9.17, 15) is 9.59 Å². The lowest BCUT2D eigenvalue weighted by molar-refractivity contribution is -0.139. The average Bonchev–Trinajstić information content (AvgIpc) is 2.63. The van der Waals surface area contributed by atoms with Gasteiger partial charge in [0.2, 0.25) is 0 Å². The Morgan fingerprint density at radius 1 is 1.19 bits per heavy atom. The van der Waals surface area contributed by atoms with Gasteiger partial charge in [-0.1, -0.05) is 24.3 Å². The molecule has 21 heavy (non-hydrogen) atoms. The summed E-state index contributed by atoms with van der Waals surface area (Å²) in [7, 11) is 0. The van der Waals surface area contributed by atoms with Crippen LogP contribution in [-0.4, -0.2) is 23.5 Å². The van der Waals surface area contributed by atoms with Gasteiger partial charge in [-0.05, 0) is 18.2 Å². The molecule has 5 nitrogen and oxygen atoms in total. The molecule has 1 heterocycles. The molecule has 0 amide bonds. The van der Waals surface area contributed by atoms with Crippen molar-refractivity contribution < 1.29 is 24.2 Å². The number of ketones is 1. The maximum absolute atomic E-state index is 12.6. The fourth-order valence-corrected chi connectivity index (χ4v) is 2.22. The van der Waals surface area contributed by atoms with Gasteiger partial charge >= 0.3 is 5.97 Å². The lowest BCUT2D eigenvalue weighted by Gasteiger charge is -2.08. The van der Waals surface area contributed by atoms with Crippen molar-refractivity contribution in [2.45, 2.75) is 6.61 Å². The van der Waals surface area contributed by atoms with E-state index in [0.717, 1.165) is 5.56 Å². The van der Waals surface area contributed by atoms with Crippen LogP contribution in [-0.2, 0) is 11.4 Å². The predicted octanol–water partition coefficient (Wildman–Crippen LogP) is 2.27. The van der Waals surface area contributed by atoms with Crippen molar-refractivity contribution >= 4 is 11.8 Å². The molecule has 0 aliphatic carbocycles. The zero-order valence-corrected chi connectivity index (χ0v) is 11.0. The Morgan fingerprint density at radius 2 is 2.00 bits per heavy atom. The van der Waals surface area contributed by atoms with Crippen molar-refractivity contribution in [1.82, 2.24) is 0 Å². The van der Waals surface area contributed by atoms with Gasteiger partial charge in [-0.2, -0.15) is 0 Å². The first-order valence-electron chi connectivity index (χ1n) is 6.39. The summed E-state index contributed by atoms with van der Waals surface area (Å²) < 4.78 is 10.7. The molecule has 2 aromatic carbocycles. The fraction of sp³-hybridized carbons (Fsp3) is 0.125. The van der Waals surface area contributed by atoms with E-state index in [-0.39, 0.29) is 5.78 Å². The van der Waals surface area contributed by atoms with Crippen molar-refractivity contribution in [3.05, 3.63) is 59.2 Å². The Balaban J connectivity index is 1.98. The highest BCUT2D eigenvalue weighted by Crippen LogP contribution is 2.31. The summed E-state index contributed by atoms with van der Waals surface area (Å²) in [6, 6.07) is 12.0. The third-order valence-electron chi connectivity index (χ3n) is 3.20. The van der Waals surface area contributed by atoms with Crippen molar-refractivity contribution in [2.75, 3.05) is 6.61 Å². The first-order valence-corrected chi connectivity index (χ1v) is 6.39. The quantitative estimate of drug-likeness (QED) is 0.936. The molecule has 0 radical (unpaired) electrons. The predicted molar refractivity (Wildman–Crippen MR) is 73.8 cm³/mol. The SMILES string of the molecule is O=C(O)COc1ccc2c(c1)C(=O)c1ccccc1CO2. The number of ether oxygens (including phenoxy) is 2. The minimum atomic E-state index is -1.07. The van der Waals surface area contributed by atoms with Gasteiger partial charge in [0.05, 0.1) is 5.56 Å². The highest BCUT2D eigenvalue weighted by atomic mass is 16.5. The molecule has 5 heteroatoms. The van der Waals surface area contributed by atoms with Crippen LogP contribution in [0.4, 0.5) is 0 Å². The lowest BCUT2D eigenvalue weighted by atomic mass is 9.99. The van der Waals surface area contributed by atoms with E-state index in [1.54, 1.807) is 24.3 Å². The van der Waals surface area contributed by atoms with Crippen molar-refractivity contribution in [1.29, 1.82) is 0 Å². The molecule has 0 saturated heterocycles. The Labute approximate surface area is 120 Å². The van der Waals surface area contributed by atoms with Crippen molar-refractivity contribution in [3.8, 4) is 11.5 Å². The van der Waals surface area contributed by atoms with E-state index < -0.39 is 12.6 Å². The molecular formula is C16H12O5. The van der Waals surface area contributed by atoms with Crippen molar-refractivity contribution in [2.24, 2.45) is 0 Å². The molecule has 1 N–H and O–H groups in total. The Hall–Kier alpha value is -2.82. The average molecular weight is 284 g/mol. The molecule has 3 rings (SSSR count). The fourth-order valence-electron chi connectivity index (χ4n) is 2.22. The minimum absolute atomic E-state index is 0.154. The molecule has 106 valence electrons. The number of carboxylic acid groups (broad SMARTS) is 1. The van der Waals surface area contributed by atoms with Gasteiger partial charge in [-0.25, -0.2) is 4.79 Å². The standard InChI is InChI=1S/C16H12O5/c17-15(18)9-20-11-5-6-14-13(7-11)16(19)12-4-2-1-3-10(12)8-21-14/h1-7H,8-9H2,(H,17,18). The number of carboxylic acids is 1. The monoisotopic (exact) mass is 284 g/mol. The number of benzene rings is 2. The van der Waals surface area contributed by atoms with Gasteiger partial charge in [0, 0.05) is 11.1 Å². The second-order valence-corrected chi connectivity index (χ2v) is 4.62. The third kappa shape index (κ3) is 2.58. The number of hydrogen-bond donors (Lipinski definition) is 1. The van der Waals surface area contributed by atoms with Crippen LogP contribution in [0.2, 0.25) is 0 Å². The van der Waals surface area contributed by atoms with Gasteiger partial charge < -0.3 is 14.6 Å². The second kappa shape index (κ2) is 5.28. The van der Waals surface area contributed by atoms with Crippen LogP contribution < -0.4 is 9.47 Å². The van der Waals surface area contributed by atoms with Gasteiger partial charge in [0.15, 0.2) is 12.4 Å². The van der Waals surface area contributed by atoms with E-state index in [4.69, 9.17) is 14.6 Å². The first kappa shape index (κ1) is 13.2.